The molecule has 0 saturated carbocycles. The van der Waals surface area contributed by atoms with Gasteiger partial charge in [-0.15, -0.1) is 0 Å². The zero-order valence-electron chi connectivity index (χ0n) is 8.97. The first-order valence-electron chi connectivity index (χ1n) is 5.27. The third-order valence-corrected chi connectivity index (χ3v) is 2.37. The SMILES string of the molecule is CCCC1(C(=O)OCC)CNCCO1. The summed E-state index contributed by atoms with van der Waals surface area (Å²) in [5.74, 6) is -0.228. The van der Waals surface area contributed by atoms with E-state index in [0.717, 1.165) is 19.4 Å². The lowest BCUT2D eigenvalue weighted by Gasteiger charge is -2.35. The predicted octanol–water partition coefficient (Wildman–Crippen LogP) is 0.708. The van der Waals surface area contributed by atoms with E-state index in [2.05, 4.69) is 5.32 Å². The summed E-state index contributed by atoms with van der Waals surface area (Å²) in [6.07, 6.45) is 1.64. The molecule has 0 spiro atoms. The average molecular weight is 201 g/mol. The Morgan fingerprint density at radius 1 is 1.57 bits per heavy atom. The molecule has 0 radical (unpaired) electrons. The Kier molecular flexibility index (Phi) is 4.35. The van der Waals surface area contributed by atoms with Crippen molar-refractivity contribution in [3.8, 4) is 0 Å². The van der Waals surface area contributed by atoms with Gasteiger partial charge in [0.15, 0.2) is 5.60 Å². The molecule has 1 unspecified atom stereocenters. The van der Waals surface area contributed by atoms with Crippen LogP contribution in [0.1, 0.15) is 26.7 Å². The molecular formula is C10H19NO3. The molecule has 1 aliphatic heterocycles. The second-order valence-corrected chi connectivity index (χ2v) is 3.49. The molecule has 1 rings (SSSR count). The van der Waals surface area contributed by atoms with E-state index in [9.17, 15) is 4.79 Å². The maximum atomic E-state index is 11.7. The lowest BCUT2D eigenvalue weighted by molar-refractivity contribution is -0.176. The Balaban J connectivity index is 2.63. The molecule has 1 saturated heterocycles. The van der Waals surface area contributed by atoms with Crippen LogP contribution in [0.4, 0.5) is 0 Å². The van der Waals surface area contributed by atoms with E-state index in [1.165, 1.54) is 0 Å². The van der Waals surface area contributed by atoms with E-state index < -0.39 is 5.60 Å². The molecule has 0 aliphatic carbocycles. The molecule has 1 N–H and O–H groups in total. The highest BCUT2D eigenvalue weighted by Gasteiger charge is 2.41. The van der Waals surface area contributed by atoms with Crippen LogP contribution in [0.15, 0.2) is 0 Å². The summed E-state index contributed by atoms with van der Waals surface area (Å²) in [6.45, 7) is 6.23. The number of carbonyl (C=O) groups is 1. The first-order chi connectivity index (χ1) is 6.75. The lowest BCUT2D eigenvalue weighted by Crippen LogP contribution is -2.55. The minimum atomic E-state index is -0.733. The van der Waals surface area contributed by atoms with Crippen LogP contribution in [0.25, 0.3) is 0 Å². The fraction of sp³-hybridized carbons (Fsp3) is 0.900. The minimum Gasteiger partial charge on any atom is -0.464 e. The molecule has 0 amide bonds. The topological polar surface area (TPSA) is 47.6 Å². The van der Waals surface area contributed by atoms with Crippen LogP contribution in [0.5, 0.6) is 0 Å². The van der Waals surface area contributed by atoms with Crippen molar-refractivity contribution in [3.05, 3.63) is 0 Å². The van der Waals surface area contributed by atoms with Gasteiger partial charge in [-0.25, -0.2) is 4.79 Å². The van der Waals surface area contributed by atoms with Crippen molar-refractivity contribution in [2.24, 2.45) is 0 Å². The molecule has 0 aromatic rings. The number of morpholine rings is 1. The first kappa shape index (κ1) is 11.5. The molecule has 0 aromatic carbocycles. The Bertz CT molecular complexity index is 182. The number of carbonyl (C=O) groups excluding carboxylic acids is 1. The van der Waals surface area contributed by atoms with Crippen molar-refractivity contribution in [1.29, 1.82) is 0 Å². The van der Waals surface area contributed by atoms with Crippen LogP contribution < -0.4 is 5.32 Å². The standard InChI is InChI=1S/C10H19NO3/c1-3-5-10(9(12)13-4-2)8-11-6-7-14-10/h11H,3-8H2,1-2H3. The van der Waals surface area contributed by atoms with Gasteiger partial charge < -0.3 is 14.8 Å². The molecule has 0 bridgehead atoms. The number of hydrogen-bond donors (Lipinski definition) is 1. The van der Waals surface area contributed by atoms with E-state index in [4.69, 9.17) is 9.47 Å². The number of nitrogens with one attached hydrogen (secondary N) is 1. The van der Waals surface area contributed by atoms with Crippen molar-refractivity contribution in [2.75, 3.05) is 26.3 Å². The summed E-state index contributed by atoms with van der Waals surface area (Å²) in [6, 6.07) is 0. The summed E-state index contributed by atoms with van der Waals surface area (Å²) in [5.41, 5.74) is -0.733. The summed E-state index contributed by atoms with van der Waals surface area (Å²) < 4.78 is 10.6. The van der Waals surface area contributed by atoms with Gasteiger partial charge >= 0.3 is 5.97 Å². The minimum absolute atomic E-state index is 0.228. The van der Waals surface area contributed by atoms with E-state index >= 15 is 0 Å². The van der Waals surface area contributed by atoms with Gasteiger partial charge in [-0.3, -0.25) is 0 Å². The molecule has 1 aliphatic rings. The van der Waals surface area contributed by atoms with E-state index in [0.29, 0.717) is 19.8 Å². The van der Waals surface area contributed by atoms with Gasteiger partial charge in [-0.1, -0.05) is 13.3 Å². The van der Waals surface area contributed by atoms with Crippen LogP contribution in [0.3, 0.4) is 0 Å². The number of rotatable bonds is 4. The molecular weight excluding hydrogens is 182 g/mol. The van der Waals surface area contributed by atoms with Crippen LogP contribution in [-0.2, 0) is 14.3 Å². The van der Waals surface area contributed by atoms with Crippen molar-refractivity contribution >= 4 is 5.97 Å². The largest absolute Gasteiger partial charge is 0.464 e. The van der Waals surface area contributed by atoms with Crippen molar-refractivity contribution in [3.63, 3.8) is 0 Å². The molecule has 4 nitrogen and oxygen atoms in total. The van der Waals surface area contributed by atoms with Crippen molar-refractivity contribution in [1.82, 2.24) is 5.32 Å². The number of ether oxygens (including phenoxy) is 2. The fourth-order valence-electron chi connectivity index (χ4n) is 1.72. The Morgan fingerprint density at radius 3 is 2.86 bits per heavy atom. The average Bonchev–Trinajstić information content (AvgIpc) is 2.20. The molecule has 82 valence electrons. The molecule has 0 aromatic heterocycles. The van der Waals surface area contributed by atoms with Crippen LogP contribution in [0.2, 0.25) is 0 Å². The molecule has 4 heteroatoms. The van der Waals surface area contributed by atoms with Gasteiger partial charge in [-0.05, 0) is 13.3 Å². The molecule has 1 fully saturated rings. The summed E-state index contributed by atoms with van der Waals surface area (Å²) in [4.78, 5) is 11.7. The second kappa shape index (κ2) is 5.32. The zero-order valence-corrected chi connectivity index (χ0v) is 8.97. The van der Waals surface area contributed by atoms with Gasteiger partial charge in [0.25, 0.3) is 0 Å². The quantitative estimate of drug-likeness (QED) is 0.680. The lowest BCUT2D eigenvalue weighted by atomic mass is 9.96. The highest BCUT2D eigenvalue weighted by atomic mass is 16.6. The Morgan fingerprint density at radius 2 is 2.36 bits per heavy atom. The Labute approximate surface area is 85.0 Å². The van der Waals surface area contributed by atoms with Gasteiger partial charge in [0.1, 0.15) is 0 Å². The van der Waals surface area contributed by atoms with E-state index in [-0.39, 0.29) is 5.97 Å². The van der Waals surface area contributed by atoms with Gasteiger partial charge in [-0.2, -0.15) is 0 Å². The maximum Gasteiger partial charge on any atom is 0.339 e. The fourth-order valence-corrected chi connectivity index (χ4v) is 1.72. The van der Waals surface area contributed by atoms with E-state index in [1.54, 1.807) is 0 Å². The third-order valence-electron chi connectivity index (χ3n) is 2.37. The smallest absolute Gasteiger partial charge is 0.339 e. The zero-order chi connectivity index (χ0) is 10.4. The van der Waals surface area contributed by atoms with E-state index in [1.807, 2.05) is 13.8 Å². The normalized spacial score (nSPS) is 27.3. The summed E-state index contributed by atoms with van der Waals surface area (Å²) >= 11 is 0. The van der Waals surface area contributed by atoms with Crippen LogP contribution in [0, 0.1) is 0 Å². The highest BCUT2D eigenvalue weighted by Crippen LogP contribution is 2.21. The molecule has 14 heavy (non-hydrogen) atoms. The van der Waals surface area contributed by atoms with Gasteiger partial charge in [0.05, 0.1) is 13.2 Å². The second-order valence-electron chi connectivity index (χ2n) is 3.49. The number of esters is 1. The third kappa shape index (κ3) is 2.45. The van der Waals surface area contributed by atoms with Gasteiger partial charge in [0.2, 0.25) is 0 Å². The Hall–Kier alpha value is -0.610. The van der Waals surface area contributed by atoms with Crippen LogP contribution in [-0.4, -0.2) is 37.9 Å². The van der Waals surface area contributed by atoms with Crippen molar-refractivity contribution < 1.29 is 14.3 Å². The monoisotopic (exact) mass is 201 g/mol. The first-order valence-corrected chi connectivity index (χ1v) is 5.27. The van der Waals surface area contributed by atoms with Crippen molar-refractivity contribution in [2.45, 2.75) is 32.3 Å². The highest BCUT2D eigenvalue weighted by molar-refractivity contribution is 5.80. The maximum absolute atomic E-state index is 11.7. The molecule has 1 heterocycles. The van der Waals surface area contributed by atoms with Gasteiger partial charge in [0, 0.05) is 13.1 Å². The number of hydrogen-bond acceptors (Lipinski definition) is 4. The van der Waals surface area contributed by atoms with Crippen LogP contribution >= 0.6 is 0 Å². The summed E-state index contributed by atoms with van der Waals surface area (Å²) in [5, 5.41) is 3.17. The predicted molar refractivity (Wildman–Crippen MR) is 53.1 cm³/mol. The summed E-state index contributed by atoms with van der Waals surface area (Å²) in [7, 11) is 0. The molecule has 1 atom stereocenters.